The number of nitrogens with zero attached hydrogens (tertiary/aromatic N) is 4. The minimum Gasteiger partial charge on any atom is -0.497 e. The second kappa shape index (κ2) is 10.5. The topological polar surface area (TPSA) is 99.7 Å². The summed E-state index contributed by atoms with van der Waals surface area (Å²) in [7, 11) is 1.59. The van der Waals surface area contributed by atoms with Crippen molar-refractivity contribution in [1.29, 1.82) is 0 Å². The Morgan fingerprint density at radius 1 is 1.15 bits per heavy atom. The average molecular weight is 453 g/mol. The van der Waals surface area contributed by atoms with Crippen molar-refractivity contribution in [1.82, 2.24) is 15.3 Å². The van der Waals surface area contributed by atoms with Crippen LogP contribution in [0, 0.1) is 12.8 Å². The summed E-state index contributed by atoms with van der Waals surface area (Å²) in [6, 6.07) is 9.34. The van der Waals surface area contributed by atoms with Crippen LogP contribution in [0.15, 0.2) is 30.3 Å². The third-order valence-electron chi connectivity index (χ3n) is 6.09. The molecule has 2 aromatic rings. The van der Waals surface area contributed by atoms with Gasteiger partial charge in [0.15, 0.2) is 0 Å². The number of benzene rings is 1. The summed E-state index contributed by atoms with van der Waals surface area (Å²) in [6.45, 7) is 5.32. The second-order valence-corrected chi connectivity index (χ2v) is 8.56. The summed E-state index contributed by atoms with van der Waals surface area (Å²) in [5, 5.41) is 6.14. The molecule has 2 N–H and O–H groups in total. The number of methoxy groups -OCH3 is 1. The largest absolute Gasteiger partial charge is 0.497 e. The molecular weight excluding hydrogens is 420 g/mol. The molecular formula is C24H32N6O3. The van der Waals surface area contributed by atoms with Gasteiger partial charge in [0.2, 0.25) is 17.8 Å². The van der Waals surface area contributed by atoms with Crippen LogP contribution in [0.1, 0.15) is 31.4 Å². The van der Waals surface area contributed by atoms with Crippen molar-refractivity contribution < 1.29 is 14.3 Å². The molecule has 2 saturated heterocycles. The minimum atomic E-state index is -0.371. The highest BCUT2D eigenvalue weighted by Gasteiger charge is 2.35. The summed E-state index contributed by atoms with van der Waals surface area (Å²) < 4.78 is 5.24. The Bertz CT molecular complexity index is 992. The molecule has 4 rings (SSSR count). The van der Waals surface area contributed by atoms with E-state index in [1.54, 1.807) is 12.0 Å². The van der Waals surface area contributed by atoms with E-state index in [2.05, 4.69) is 25.5 Å². The molecule has 1 aromatic heterocycles. The molecule has 0 saturated carbocycles. The fourth-order valence-electron chi connectivity index (χ4n) is 4.33. The first-order valence-electron chi connectivity index (χ1n) is 11.6. The predicted octanol–water partition coefficient (Wildman–Crippen LogP) is 2.37. The van der Waals surface area contributed by atoms with E-state index in [1.165, 1.54) is 19.3 Å². The number of nitrogens with one attached hydrogen (secondary N) is 2. The third kappa shape index (κ3) is 5.71. The van der Waals surface area contributed by atoms with Crippen LogP contribution < -0.4 is 25.2 Å². The number of amides is 2. The Morgan fingerprint density at radius 3 is 2.76 bits per heavy atom. The fourth-order valence-corrected chi connectivity index (χ4v) is 4.33. The van der Waals surface area contributed by atoms with Gasteiger partial charge in [-0.15, -0.1) is 0 Å². The maximum absolute atomic E-state index is 12.6. The van der Waals surface area contributed by atoms with Crippen molar-refractivity contribution >= 4 is 29.3 Å². The number of piperidine rings is 1. The van der Waals surface area contributed by atoms with E-state index in [-0.39, 0.29) is 24.2 Å². The Balaban J connectivity index is 1.26. The van der Waals surface area contributed by atoms with Crippen LogP contribution in [-0.2, 0) is 9.59 Å². The molecule has 9 nitrogen and oxygen atoms in total. The lowest BCUT2D eigenvalue weighted by atomic mass is 10.1. The third-order valence-corrected chi connectivity index (χ3v) is 6.09. The van der Waals surface area contributed by atoms with E-state index in [4.69, 9.17) is 4.74 Å². The molecule has 1 aromatic carbocycles. The smallest absolute Gasteiger partial charge is 0.227 e. The van der Waals surface area contributed by atoms with Crippen molar-refractivity contribution in [2.24, 2.45) is 5.92 Å². The molecule has 9 heteroatoms. The molecule has 2 amide bonds. The van der Waals surface area contributed by atoms with E-state index in [1.807, 2.05) is 37.3 Å². The standard InChI is InChI=1S/C24H32N6O3/c1-17-13-21(29-11-4-3-5-12-29)28-24(27-17)26-10-9-25-23(32)18-14-22(31)30(16-18)19-7-6-8-20(15-19)33-2/h6-8,13,15,18H,3-5,9-12,14,16H2,1-2H3,(H,25,32)(H,26,27,28). The zero-order valence-corrected chi connectivity index (χ0v) is 19.3. The van der Waals surface area contributed by atoms with Crippen LogP contribution in [0.5, 0.6) is 5.75 Å². The quantitative estimate of drug-likeness (QED) is 0.593. The maximum atomic E-state index is 12.6. The van der Waals surface area contributed by atoms with Crippen molar-refractivity contribution in [3.05, 3.63) is 36.0 Å². The summed E-state index contributed by atoms with van der Waals surface area (Å²) in [5.41, 5.74) is 1.66. The van der Waals surface area contributed by atoms with Gasteiger partial charge in [-0.25, -0.2) is 4.98 Å². The van der Waals surface area contributed by atoms with Gasteiger partial charge < -0.3 is 25.2 Å². The monoisotopic (exact) mass is 452 g/mol. The van der Waals surface area contributed by atoms with E-state index in [0.29, 0.717) is 31.3 Å². The van der Waals surface area contributed by atoms with Gasteiger partial charge in [0.05, 0.1) is 13.0 Å². The predicted molar refractivity (Wildman–Crippen MR) is 128 cm³/mol. The molecule has 2 aliphatic heterocycles. The zero-order valence-electron chi connectivity index (χ0n) is 19.3. The SMILES string of the molecule is COc1cccc(N2CC(C(=O)NCCNc3nc(C)cc(N4CCCCC4)n3)CC2=O)c1. The van der Waals surface area contributed by atoms with E-state index in [9.17, 15) is 9.59 Å². The molecule has 0 aliphatic carbocycles. The number of hydrogen-bond donors (Lipinski definition) is 2. The second-order valence-electron chi connectivity index (χ2n) is 8.56. The molecule has 0 bridgehead atoms. The van der Waals surface area contributed by atoms with Gasteiger partial charge in [0.1, 0.15) is 11.6 Å². The van der Waals surface area contributed by atoms with E-state index in [0.717, 1.165) is 30.3 Å². The number of aryl methyl sites for hydroxylation is 1. The van der Waals surface area contributed by atoms with Crippen LogP contribution in [-0.4, -0.2) is 61.6 Å². The number of carbonyl (C=O) groups excluding carboxylic acids is 2. The average Bonchev–Trinajstić information content (AvgIpc) is 3.23. The summed E-state index contributed by atoms with van der Waals surface area (Å²) >= 11 is 0. The summed E-state index contributed by atoms with van der Waals surface area (Å²) in [5.74, 6) is 1.67. The van der Waals surface area contributed by atoms with Gasteiger partial charge in [-0.3, -0.25) is 9.59 Å². The summed E-state index contributed by atoms with van der Waals surface area (Å²) in [4.78, 5) is 38.2. The highest BCUT2D eigenvalue weighted by molar-refractivity contribution is 6.00. The van der Waals surface area contributed by atoms with Crippen LogP contribution in [0.3, 0.4) is 0 Å². The van der Waals surface area contributed by atoms with Crippen LogP contribution in [0.4, 0.5) is 17.5 Å². The minimum absolute atomic E-state index is 0.0556. The molecule has 0 spiro atoms. The summed E-state index contributed by atoms with van der Waals surface area (Å²) in [6.07, 6.45) is 3.86. The van der Waals surface area contributed by atoms with Crippen LogP contribution in [0.25, 0.3) is 0 Å². The van der Waals surface area contributed by atoms with Crippen molar-refractivity contribution in [2.45, 2.75) is 32.6 Å². The molecule has 3 heterocycles. The fraction of sp³-hybridized carbons (Fsp3) is 0.500. The lowest BCUT2D eigenvalue weighted by Crippen LogP contribution is -2.35. The number of hydrogen-bond acceptors (Lipinski definition) is 7. The molecule has 2 aliphatic rings. The molecule has 1 unspecified atom stereocenters. The van der Waals surface area contributed by atoms with Crippen LogP contribution in [0.2, 0.25) is 0 Å². The van der Waals surface area contributed by atoms with Crippen molar-refractivity contribution in [2.75, 3.05) is 55.0 Å². The molecule has 33 heavy (non-hydrogen) atoms. The Kier molecular flexibility index (Phi) is 7.26. The normalized spacial score (nSPS) is 18.4. The van der Waals surface area contributed by atoms with Gasteiger partial charge in [-0.1, -0.05) is 6.07 Å². The zero-order chi connectivity index (χ0) is 23.2. The highest BCUT2D eigenvalue weighted by atomic mass is 16.5. The maximum Gasteiger partial charge on any atom is 0.227 e. The van der Waals surface area contributed by atoms with E-state index >= 15 is 0 Å². The molecule has 176 valence electrons. The number of anilines is 3. The molecule has 0 radical (unpaired) electrons. The Morgan fingerprint density at radius 2 is 1.97 bits per heavy atom. The van der Waals surface area contributed by atoms with Crippen molar-refractivity contribution in [3.8, 4) is 5.75 Å². The first-order chi connectivity index (χ1) is 16.0. The van der Waals surface area contributed by atoms with E-state index < -0.39 is 0 Å². The van der Waals surface area contributed by atoms with Gasteiger partial charge in [-0.05, 0) is 38.3 Å². The molecule has 2 fully saturated rings. The number of aromatic nitrogens is 2. The number of rotatable bonds is 8. The highest BCUT2D eigenvalue weighted by Crippen LogP contribution is 2.28. The first-order valence-corrected chi connectivity index (χ1v) is 11.6. The first kappa shape index (κ1) is 22.8. The van der Waals surface area contributed by atoms with Gasteiger partial charge in [0, 0.05) is 62.7 Å². The number of ether oxygens (including phenoxy) is 1. The van der Waals surface area contributed by atoms with Gasteiger partial charge in [-0.2, -0.15) is 4.98 Å². The lowest BCUT2D eigenvalue weighted by molar-refractivity contribution is -0.126. The number of carbonyl (C=O) groups is 2. The molecule has 1 atom stereocenters. The lowest BCUT2D eigenvalue weighted by Gasteiger charge is -2.28. The van der Waals surface area contributed by atoms with Gasteiger partial charge in [0.25, 0.3) is 0 Å². The van der Waals surface area contributed by atoms with Gasteiger partial charge >= 0.3 is 0 Å². The van der Waals surface area contributed by atoms with Crippen LogP contribution >= 0.6 is 0 Å². The Labute approximate surface area is 194 Å². The van der Waals surface area contributed by atoms with Crippen molar-refractivity contribution in [3.63, 3.8) is 0 Å². The Hall–Kier alpha value is -3.36.